The number of hydrogen-bond acceptors (Lipinski definition) is 3. The van der Waals surface area contributed by atoms with Crippen molar-refractivity contribution in [2.45, 2.75) is 33.5 Å². The van der Waals surface area contributed by atoms with Gasteiger partial charge in [-0.3, -0.25) is 0 Å². The fourth-order valence-corrected chi connectivity index (χ4v) is 3.37. The van der Waals surface area contributed by atoms with Crippen molar-refractivity contribution in [3.63, 3.8) is 0 Å². The lowest BCUT2D eigenvalue weighted by molar-refractivity contribution is 0.265. The van der Waals surface area contributed by atoms with E-state index in [2.05, 4.69) is 52.4 Å². The van der Waals surface area contributed by atoms with Crippen molar-refractivity contribution in [3.8, 4) is 11.5 Å². The van der Waals surface area contributed by atoms with E-state index in [0.717, 1.165) is 16.6 Å². The van der Waals surface area contributed by atoms with Gasteiger partial charge in [-0.2, -0.15) is 0 Å². The molecule has 0 unspecified atom stereocenters. The Kier molecular flexibility index (Phi) is 7.67. The van der Waals surface area contributed by atoms with E-state index < -0.39 is 0 Å². The molecule has 0 radical (unpaired) electrons. The Morgan fingerprint density at radius 1 is 0.897 bits per heavy atom. The maximum Gasteiger partial charge on any atom is 0.162 e. The number of hydrogen-bond donors (Lipinski definition) is 1. The molecule has 0 saturated heterocycles. The molecule has 3 aromatic rings. The van der Waals surface area contributed by atoms with E-state index in [1.165, 1.54) is 17.2 Å². The minimum Gasteiger partial charge on any atom is -0.490 e. The highest BCUT2D eigenvalue weighted by Gasteiger charge is 2.12. The van der Waals surface area contributed by atoms with E-state index in [-0.39, 0.29) is 12.4 Å². The van der Waals surface area contributed by atoms with Gasteiger partial charge >= 0.3 is 0 Å². The van der Waals surface area contributed by atoms with Crippen molar-refractivity contribution in [1.29, 1.82) is 0 Å². The molecule has 3 rings (SSSR count). The molecular weight excluding hydrogens is 433 g/mol. The van der Waals surface area contributed by atoms with E-state index in [9.17, 15) is 4.39 Å². The standard InChI is InChI=1S/C24H25BrFNO2/c1-3-28-23-12-20(15-27-14-18-10-8-17(2)9-11-18)21(25)13-24(23)29-16-19-6-4-5-7-22(19)26/h4-13,27H,3,14-16H2,1-2H3. The van der Waals surface area contributed by atoms with Crippen molar-refractivity contribution in [3.05, 3.63) is 93.2 Å². The average Bonchev–Trinajstić information content (AvgIpc) is 2.71. The summed E-state index contributed by atoms with van der Waals surface area (Å²) in [4.78, 5) is 0. The topological polar surface area (TPSA) is 30.5 Å². The van der Waals surface area contributed by atoms with Gasteiger partial charge in [0.2, 0.25) is 0 Å². The fourth-order valence-electron chi connectivity index (χ4n) is 2.91. The number of ether oxygens (including phenoxy) is 2. The summed E-state index contributed by atoms with van der Waals surface area (Å²) < 4.78 is 26.4. The molecule has 0 aliphatic carbocycles. The lowest BCUT2D eigenvalue weighted by Gasteiger charge is -2.16. The summed E-state index contributed by atoms with van der Waals surface area (Å²) in [7, 11) is 0. The summed E-state index contributed by atoms with van der Waals surface area (Å²) in [6, 6.07) is 18.9. The molecule has 0 saturated carbocycles. The second-order valence-electron chi connectivity index (χ2n) is 6.79. The Bertz CT molecular complexity index is 944. The monoisotopic (exact) mass is 457 g/mol. The van der Waals surface area contributed by atoms with Gasteiger partial charge in [-0.15, -0.1) is 0 Å². The highest BCUT2D eigenvalue weighted by molar-refractivity contribution is 9.10. The Balaban J connectivity index is 1.68. The normalized spacial score (nSPS) is 10.8. The lowest BCUT2D eigenvalue weighted by atomic mass is 10.1. The molecule has 3 nitrogen and oxygen atoms in total. The number of benzene rings is 3. The van der Waals surface area contributed by atoms with Crippen LogP contribution in [-0.2, 0) is 19.7 Å². The molecule has 0 spiro atoms. The van der Waals surface area contributed by atoms with Crippen LogP contribution >= 0.6 is 15.9 Å². The number of nitrogens with one attached hydrogen (secondary N) is 1. The second kappa shape index (κ2) is 10.4. The Labute approximate surface area is 180 Å². The molecule has 0 bridgehead atoms. The third kappa shape index (κ3) is 6.05. The van der Waals surface area contributed by atoms with Gasteiger partial charge in [-0.25, -0.2) is 4.39 Å². The van der Waals surface area contributed by atoms with Crippen molar-refractivity contribution < 1.29 is 13.9 Å². The highest BCUT2D eigenvalue weighted by atomic mass is 79.9. The van der Waals surface area contributed by atoms with E-state index in [1.54, 1.807) is 18.2 Å². The number of aryl methyl sites for hydroxylation is 1. The molecule has 0 aliphatic rings. The van der Waals surface area contributed by atoms with Gasteiger partial charge in [0.1, 0.15) is 12.4 Å². The first kappa shape index (κ1) is 21.3. The fraction of sp³-hybridized carbons (Fsp3) is 0.250. The van der Waals surface area contributed by atoms with Gasteiger partial charge < -0.3 is 14.8 Å². The summed E-state index contributed by atoms with van der Waals surface area (Å²) in [5.41, 5.74) is 4.07. The van der Waals surface area contributed by atoms with Crippen LogP contribution in [-0.4, -0.2) is 6.61 Å². The van der Waals surface area contributed by atoms with Crippen molar-refractivity contribution >= 4 is 15.9 Å². The van der Waals surface area contributed by atoms with Crippen LogP contribution in [0.4, 0.5) is 4.39 Å². The number of halogens is 2. The predicted octanol–water partition coefficient (Wildman–Crippen LogP) is 6.16. The van der Waals surface area contributed by atoms with Gasteiger partial charge in [0, 0.05) is 23.1 Å². The zero-order valence-corrected chi connectivity index (χ0v) is 18.3. The minimum atomic E-state index is -0.276. The van der Waals surface area contributed by atoms with Crippen molar-refractivity contribution in [1.82, 2.24) is 5.32 Å². The Hall–Kier alpha value is -2.37. The molecule has 29 heavy (non-hydrogen) atoms. The lowest BCUT2D eigenvalue weighted by Crippen LogP contribution is -2.13. The zero-order chi connectivity index (χ0) is 20.6. The minimum absolute atomic E-state index is 0.143. The third-order valence-electron chi connectivity index (χ3n) is 4.52. The maximum atomic E-state index is 13.9. The summed E-state index contributed by atoms with van der Waals surface area (Å²) in [6.07, 6.45) is 0. The molecule has 5 heteroatoms. The maximum absolute atomic E-state index is 13.9. The predicted molar refractivity (Wildman–Crippen MR) is 118 cm³/mol. The first-order chi connectivity index (χ1) is 14.1. The molecule has 0 fully saturated rings. The first-order valence-electron chi connectivity index (χ1n) is 9.64. The SMILES string of the molecule is CCOc1cc(CNCc2ccc(C)cc2)c(Br)cc1OCc1ccccc1F. The van der Waals surface area contributed by atoms with Crippen LogP contribution in [0.2, 0.25) is 0 Å². The summed E-state index contributed by atoms with van der Waals surface area (Å²) in [5, 5.41) is 3.46. The van der Waals surface area contributed by atoms with E-state index in [4.69, 9.17) is 9.47 Å². The Morgan fingerprint density at radius 2 is 1.62 bits per heavy atom. The largest absolute Gasteiger partial charge is 0.490 e. The smallest absolute Gasteiger partial charge is 0.162 e. The van der Waals surface area contributed by atoms with E-state index in [1.807, 2.05) is 19.1 Å². The van der Waals surface area contributed by atoms with Crippen LogP contribution in [0.1, 0.15) is 29.2 Å². The highest BCUT2D eigenvalue weighted by Crippen LogP contribution is 2.34. The van der Waals surface area contributed by atoms with Crippen molar-refractivity contribution in [2.24, 2.45) is 0 Å². The molecule has 3 aromatic carbocycles. The van der Waals surface area contributed by atoms with Gasteiger partial charge in [-0.05, 0) is 43.2 Å². The van der Waals surface area contributed by atoms with Crippen LogP contribution in [0.15, 0.2) is 65.1 Å². The molecule has 0 heterocycles. The van der Waals surface area contributed by atoms with Gasteiger partial charge in [0.15, 0.2) is 11.5 Å². The summed E-state index contributed by atoms with van der Waals surface area (Å²) in [6.45, 7) is 6.14. The van der Waals surface area contributed by atoms with Gasteiger partial charge in [0.05, 0.1) is 6.61 Å². The van der Waals surface area contributed by atoms with Crippen LogP contribution in [0.5, 0.6) is 11.5 Å². The quantitative estimate of drug-likeness (QED) is 0.417. The van der Waals surface area contributed by atoms with Crippen LogP contribution in [0.3, 0.4) is 0 Å². The second-order valence-corrected chi connectivity index (χ2v) is 7.65. The Morgan fingerprint density at radius 3 is 2.34 bits per heavy atom. The molecule has 1 N–H and O–H groups in total. The molecule has 0 atom stereocenters. The average molecular weight is 458 g/mol. The summed E-state index contributed by atoms with van der Waals surface area (Å²) >= 11 is 3.62. The van der Waals surface area contributed by atoms with Gasteiger partial charge in [-0.1, -0.05) is 64.0 Å². The zero-order valence-electron chi connectivity index (χ0n) is 16.7. The van der Waals surface area contributed by atoms with Crippen LogP contribution < -0.4 is 14.8 Å². The molecule has 0 aliphatic heterocycles. The first-order valence-corrected chi connectivity index (χ1v) is 10.4. The van der Waals surface area contributed by atoms with E-state index >= 15 is 0 Å². The molecule has 152 valence electrons. The van der Waals surface area contributed by atoms with E-state index in [0.29, 0.717) is 30.2 Å². The van der Waals surface area contributed by atoms with Crippen molar-refractivity contribution in [2.75, 3.05) is 6.61 Å². The third-order valence-corrected chi connectivity index (χ3v) is 5.26. The molecule has 0 amide bonds. The van der Waals surface area contributed by atoms with Crippen LogP contribution in [0.25, 0.3) is 0 Å². The molecular formula is C24H25BrFNO2. The summed E-state index contributed by atoms with van der Waals surface area (Å²) in [5.74, 6) is 0.963. The number of rotatable bonds is 9. The molecule has 0 aromatic heterocycles. The van der Waals surface area contributed by atoms with Crippen LogP contribution in [0, 0.1) is 12.7 Å². The van der Waals surface area contributed by atoms with Gasteiger partial charge in [0.25, 0.3) is 0 Å².